The molecule has 4 aromatic rings. The molecule has 146 valence electrons. The molecule has 0 radical (unpaired) electrons. The van der Waals surface area contributed by atoms with E-state index in [1.54, 1.807) is 29.8 Å². The summed E-state index contributed by atoms with van der Waals surface area (Å²) < 4.78 is 28.3. The molecule has 3 aromatic heterocycles. The zero-order valence-corrected chi connectivity index (χ0v) is 16.2. The lowest BCUT2D eigenvalue weighted by atomic mass is 10.0. The topological polar surface area (TPSA) is 46.3 Å². The number of pyridine rings is 1. The molecule has 0 bridgehead atoms. The molecule has 1 aromatic carbocycles. The average Bonchev–Trinajstić information content (AvgIpc) is 3.31. The SMILES string of the molecule is Fc1ccc(C=C2CCN(c3nn4cc(-c5cccnc5)nc4s3)CC2)cc1F. The highest BCUT2D eigenvalue weighted by Gasteiger charge is 2.19. The largest absolute Gasteiger partial charge is 0.346 e. The van der Waals surface area contributed by atoms with E-state index in [-0.39, 0.29) is 0 Å². The third-order valence-corrected chi connectivity index (χ3v) is 5.96. The molecule has 1 saturated heterocycles. The molecule has 0 spiro atoms. The van der Waals surface area contributed by atoms with Crippen LogP contribution in [0.4, 0.5) is 13.9 Å². The van der Waals surface area contributed by atoms with E-state index in [4.69, 9.17) is 0 Å². The normalized spacial score (nSPS) is 14.6. The molecule has 1 aliphatic heterocycles. The summed E-state index contributed by atoms with van der Waals surface area (Å²) in [6.07, 6.45) is 9.13. The van der Waals surface area contributed by atoms with Gasteiger partial charge in [0.1, 0.15) is 0 Å². The van der Waals surface area contributed by atoms with Crippen molar-refractivity contribution in [2.45, 2.75) is 12.8 Å². The molecule has 1 fully saturated rings. The lowest BCUT2D eigenvalue weighted by molar-refractivity contribution is 0.508. The Morgan fingerprint density at radius 3 is 2.66 bits per heavy atom. The van der Waals surface area contributed by atoms with Crippen LogP contribution < -0.4 is 4.90 Å². The number of anilines is 1. The van der Waals surface area contributed by atoms with Crippen LogP contribution in [0.25, 0.3) is 22.3 Å². The molecular formula is C21H17F2N5S. The van der Waals surface area contributed by atoms with Crippen LogP contribution >= 0.6 is 11.3 Å². The lowest BCUT2D eigenvalue weighted by Gasteiger charge is -2.27. The number of fused-ring (bicyclic) bond motifs is 1. The number of imidazole rings is 1. The second kappa shape index (κ2) is 7.36. The number of aromatic nitrogens is 4. The van der Waals surface area contributed by atoms with Gasteiger partial charge in [0, 0.05) is 31.0 Å². The van der Waals surface area contributed by atoms with Gasteiger partial charge in [-0.25, -0.2) is 18.3 Å². The third kappa shape index (κ3) is 3.63. The van der Waals surface area contributed by atoms with E-state index >= 15 is 0 Å². The Morgan fingerprint density at radius 2 is 1.93 bits per heavy atom. The minimum atomic E-state index is -0.817. The van der Waals surface area contributed by atoms with Crippen molar-refractivity contribution in [2.75, 3.05) is 18.0 Å². The van der Waals surface area contributed by atoms with E-state index in [1.165, 1.54) is 17.7 Å². The van der Waals surface area contributed by atoms with Gasteiger partial charge in [-0.1, -0.05) is 29.1 Å². The second-order valence-corrected chi connectivity index (χ2v) is 7.88. The van der Waals surface area contributed by atoms with Crippen LogP contribution in [-0.4, -0.2) is 32.7 Å². The molecule has 5 rings (SSSR count). The van der Waals surface area contributed by atoms with Crippen LogP contribution in [0.15, 0.2) is 54.5 Å². The van der Waals surface area contributed by atoms with Crippen molar-refractivity contribution in [2.24, 2.45) is 0 Å². The number of piperidine rings is 1. The fourth-order valence-corrected chi connectivity index (χ4v) is 4.37. The highest BCUT2D eigenvalue weighted by Crippen LogP contribution is 2.30. The van der Waals surface area contributed by atoms with Gasteiger partial charge in [-0.05, 0) is 42.7 Å². The van der Waals surface area contributed by atoms with Gasteiger partial charge in [-0.15, -0.1) is 5.10 Å². The van der Waals surface area contributed by atoms with Crippen LogP contribution in [0.5, 0.6) is 0 Å². The third-order valence-electron chi connectivity index (χ3n) is 4.98. The second-order valence-electron chi connectivity index (χ2n) is 6.94. The summed E-state index contributed by atoms with van der Waals surface area (Å²) in [5, 5.41) is 5.62. The minimum absolute atomic E-state index is 0.697. The number of benzene rings is 1. The number of hydrogen-bond donors (Lipinski definition) is 0. The van der Waals surface area contributed by atoms with Crippen molar-refractivity contribution in [1.29, 1.82) is 0 Å². The Kier molecular flexibility index (Phi) is 4.55. The molecular weight excluding hydrogens is 392 g/mol. The fourth-order valence-electron chi connectivity index (χ4n) is 3.44. The summed E-state index contributed by atoms with van der Waals surface area (Å²) >= 11 is 1.56. The molecule has 5 nitrogen and oxygen atoms in total. The molecule has 0 unspecified atom stereocenters. The molecule has 0 aliphatic carbocycles. The van der Waals surface area contributed by atoms with Gasteiger partial charge in [0.25, 0.3) is 0 Å². The first-order valence-corrected chi connectivity index (χ1v) is 10.1. The number of halogens is 2. The van der Waals surface area contributed by atoms with Crippen LogP contribution in [-0.2, 0) is 0 Å². The van der Waals surface area contributed by atoms with E-state index in [2.05, 4.69) is 20.0 Å². The monoisotopic (exact) mass is 409 g/mol. The lowest BCUT2D eigenvalue weighted by Crippen LogP contribution is -2.30. The van der Waals surface area contributed by atoms with Crippen molar-refractivity contribution < 1.29 is 8.78 Å². The van der Waals surface area contributed by atoms with Gasteiger partial charge in [0.05, 0.1) is 11.9 Å². The number of rotatable bonds is 3. The van der Waals surface area contributed by atoms with E-state index < -0.39 is 11.6 Å². The summed E-state index contributed by atoms with van der Waals surface area (Å²) in [5.41, 5.74) is 3.76. The van der Waals surface area contributed by atoms with E-state index in [0.717, 1.165) is 47.3 Å². The van der Waals surface area contributed by atoms with E-state index in [0.29, 0.717) is 5.56 Å². The Morgan fingerprint density at radius 1 is 1.07 bits per heavy atom. The quantitative estimate of drug-likeness (QED) is 0.487. The molecule has 8 heteroatoms. The smallest absolute Gasteiger partial charge is 0.214 e. The van der Waals surface area contributed by atoms with Gasteiger partial charge >= 0.3 is 0 Å². The van der Waals surface area contributed by atoms with Crippen LogP contribution in [0, 0.1) is 11.6 Å². The maximum atomic E-state index is 13.4. The zero-order valence-electron chi connectivity index (χ0n) is 15.4. The van der Waals surface area contributed by atoms with Crippen LogP contribution in [0.3, 0.4) is 0 Å². The van der Waals surface area contributed by atoms with Crippen molar-refractivity contribution in [1.82, 2.24) is 19.6 Å². The Bertz CT molecular complexity index is 1160. The van der Waals surface area contributed by atoms with Gasteiger partial charge in [-0.3, -0.25) is 4.98 Å². The first-order valence-electron chi connectivity index (χ1n) is 9.32. The zero-order chi connectivity index (χ0) is 19.8. The van der Waals surface area contributed by atoms with Gasteiger partial charge in [0.2, 0.25) is 10.1 Å². The molecule has 0 atom stereocenters. The Hall–Kier alpha value is -3.13. The van der Waals surface area contributed by atoms with Gasteiger partial charge in [0.15, 0.2) is 11.6 Å². The van der Waals surface area contributed by atoms with Gasteiger partial charge in [-0.2, -0.15) is 0 Å². The van der Waals surface area contributed by atoms with E-state index in [9.17, 15) is 8.78 Å². The summed E-state index contributed by atoms with van der Waals surface area (Å²) in [4.78, 5) is 11.9. The van der Waals surface area contributed by atoms with Crippen LogP contribution in [0.1, 0.15) is 18.4 Å². The first-order chi connectivity index (χ1) is 14.2. The standard InChI is InChI=1S/C21H17F2N5S/c22-17-4-3-15(11-18(17)23)10-14-5-8-27(9-6-14)21-26-28-13-19(25-20(28)29-21)16-2-1-7-24-12-16/h1-4,7,10-13H,5-6,8-9H2. The summed E-state index contributed by atoms with van der Waals surface area (Å²) in [5.74, 6) is -1.63. The number of hydrogen-bond acceptors (Lipinski definition) is 5. The van der Waals surface area contributed by atoms with Gasteiger partial charge < -0.3 is 4.90 Å². The maximum Gasteiger partial charge on any atom is 0.214 e. The summed E-state index contributed by atoms with van der Waals surface area (Å²) in [6, 6.07) is 7.88. The van der Waals surface area contributed by atoms with Crippen LogP contribution in [0.2, 0.25) is 0 Å². The first kappa shape index (κ1) is 17.9. The average molecular weight is 409 g/mol. The van der Waals surface area contributed by atoms with E-state index in [1.807, 2.05) is 28.9 Å². The Labute approximate surface area is 170 Å². The predicted octanol–water partition coefficient (Wildman–Crippen LogP) is 4.81. The Balaban J connectivity index is 1.29. The summed E-state index contributed by atoms with van der Waals surface area (Å²) in [7, 11) is 0. The van der Waals surface area contributed by atoms with Crippen molar-refractivity contribution >= 4 is 27.5 Å². The maximum absolute atomic E-state index is 13.4. The molecule has 0 N–H and O–H groups in total. The fraction of sp³-hybridized carbons (Fsp3) is 0.190. The highest BCUT2D eigenvalue weighted by molar-refractivity contribution is 7.20. The highest BCUT2D eigenvalue weighted by atomic mass is 32.1. The minimum Gasteiger partial charge on any atom is -0.346 e. The molecule has 29 heavy (non-hydrogen) atoms. The van der Waals surface area contributed by atoms with Crippen molar-refractivity contribution in [3.05, 3.63) is 71.7 Å². The van der Waals surface area contributed by atoms with Crippen molar-refractivity contribution in [3.8, 4) is 11.3 Å². The molecule has 4 heterocycles. The number of nitrogens with zero attached hydrogens (tertiary/aromatic N) is 5. The molecule has 0 amide bonds. The van der Waals surface area contributed by atoms with Crippen molar-refractivity contribution in [3.63, 3.8) is 0 Å². The summed E-state index contributed by atoms with van der Waals surface area (Å²) in [6.45, 7) is 1.67. The molecule has 1 aliphatic rings. The molecule has 0 saturated carbocycles. The predicted molar refractivity (Wildman–Crippen MR) is 110 cm³/mol.